The number of nitrogens with zero attached hydrogens (tertiary/aromatic N) is 5. The first kappa shape index (κ1) is 18.1. The summed E-state index contributed by atoms with van der Waals surface area (Å²) in [6, 6.07) is 8.41. The van der Waals surface area contributed by atoms with Crippen molar-refractivity contribution in [2.24, 2.45) is 12.8 Å². The first-order valence-electron chi connectivity index (χ1n) is 8.22. The Morgan fingerprint density at radius 3 is 2.50 bits per heavy atom. The first-order valence-corrected chi connectivity index (χ1v) is 8.22. The van der Waals surface area contributed by atoms with Gasteiger partial charge in [0.15, 0.2) is 0 Å². The van der Waals surface area contributed by atoms with E-state index in [-0.39, 0.29) is 18.4 Å². The molecule has 134 valence electrons. The van der Waals surface area contributed by atoms with Crippen LogP contribution in [0.2, 0.25) is 0 Å². The summed E-state index contributed by atoms with van der Waals surface area (Å²) in [4.78, 5) is 4.52. The van der Waals surface area contributed by atoms with Crippen molar-refractivity contribution in [2.45, 2.75) is 19.9 Å². The van der Waals surface area contributed by atoms with Gasteiger partial charge in [0.25, 0.3) is 0 Å². The minimum atomic E-state index is 0. The standard InChI is InChI=1S/C19H20N6.ClH/c1-12-6-14(4-5-17(12)13(2)20)19-18-7-15(10-25(18)23-11-21-19)16-8-22-24(3)9-16;/h4-11,13H,20H2,1-3H3;1H/t13-;/m1./s1. The topological polar surface area (TPSA) is 74.0 Å². The molecule has 0 aliphatic heterocycles. The van der Waals surface area contributed by atoms with Crippen LogP contribution in [-0.4, -0.2) is 24.4 Å². The van der Waals surface area contributed by atoms with Gasteiger partial charge in [-0.2, -0.15) is 10.2 Å². The smallest absolute Gasteiger partial charge is 0.137 e. The molecule has 0 fully saturated rings. The van der Waals surface area contributed by atoms with Crippen molar-refractivity contribution in [3.8, 4) is 22.4 Å². The van der Waals surface area contributed by atoms with Crippen molar-refractivity contribution >= 4 is 17.9 Å². The second-order valence-corrected chi connectivity index (χ2v) is 6.43. The zero-order valence-corrected chi connectivity index (χ0v) is 15.7. The molecular weight excluding hydrogens is 348 g/mol. The summed E-state index contributed by atoms with van der Waals surface area (Å²) in [6.45, 7) is 4.08. The Hall–Kier alpha value is -2.70. The number of aryl methyl sites for hydroxylation is 2. The summed E-state index contributed by atoms with van der Waals surface area (Å²) in [7, 11) is 1.91. The van der Waals surface area contributed by atoms with E-state index < -0.39 is 0 Å². The Kier molecular flexibility index (Phi) is 4.80. The number of nitrogens with two attached hydrogens (primary N) is 1. The van der Waals surface area contributed by atoms with E-state index in [2.05, 4.69) is 46.4 Å². The molecule has 0 amide bonds. The van der Waals surface area contributed by atoms with Crippen LogP contribution in [0.4, 0.5) is 0 Å². The summed E-state index contributed by atoms with van der Waals surface area (Å²) in [5, 5.41) is 8.59. The van der Waals surface area contributed by atoms with E-state index in [1.54, 1.807) is 11.0 Å². The SMILES string of the molecule is Cc1cc(-c2ncnn3cc(-c4cnn(C)c4)cc23)ccc1[C@@H](C)N.Cl. The molecule has 2 N–H and O–H groups in total. The second-order valence-electron chi connectivity index (χ2n) is 6.43. The van der Waals surface area contributed by atoms with Crippen molar-refractivity contribution in [1.29, 1.82) is 0 Å². The highest BCUT2D eigenvalue weighted by molar-refractivity contribution is 5.85. The van der Waals surface area contributed by atoms with Crippen molar-refractivity contribution in [2.75, 3.05) is 0 Å². The molecule has 1 aromatic carbocycles. The molecule has 0 saturated heterocycles. The lowest BCUT2D eigenvalue weighted by Gasteiger charge is -2.11. The van der Waals surface area contributed by atoms with E-state index in [1.807, 2.05) is 37.1 Å². The molecule has 0 radical (unpaired) electrons. The quantitative estimate of drug-likeness (QED) is 0.600. The van der Waals surface area contributed by atoms with E-state index in [1.165, 1.54) is 5.56 Å². The summed E-state index contributed by atoms with van der Waals surface area (Å²) in [5.41, 5.74) is 13.4. The van der Waals surface area contributed by atoms with Crippen molar-refractivity contribution in [1.82, 2.24) is 24.4 Å². The predicted octanol–water partition coefficient (Wildman–Crippen LogP) is 3.55. The zero-order valence-electron chi connectivity index (χ0n) is 14.9. The monoisotopic (exact) mass is 368 g/mol. The van der Waals surface area contributed by atoms with Crippen LogP contribution in [0.1, 0.15) is 24.1 Å². The number of fused-ring (bicyclic) bond motifs is 1. The number of halogens is 1. The van der Waals surface area contributed by atoms with Gasteiger partial charge in [0.2, 0.25) is 0 Å². The maximum atomic E-state index is 6.03. The lowest BCUT2D eigenvalue weighted by Crippen LogP contribution is -2.06. The Balaban J connectivity index is 0.00000196. The summed E-state index contributed by atoms with van der Waals surface area (Å²) in [6.07, 6.45) is 7.43. The average Bonchev–Trinajstić information content (AvgIpc) is 3.19. The van der Waals surface area contributed by atoms with Gasteiger partial charge in [-0.3, -0.25) is 4.68 Å². The summed E-state index contributed by atoms with van der Waals surface area (Å²) >= 11 is 0. The summed E-state index contributed by atoms with van der Waals surface area (Å²) < 4.78 is 3.65. The van der Waals surface area contributed by atoms with E-state index in [0.717, 1.165) is 33.5 Å². The summed E-state index contributed by atoms with van der Waals surface area (Å²) in [5.74, 6) is 0. The van der Waals surface area contributed by atoms with E-state index in [4.69, 9.17) is 5.73 Å². The number of benzene rings is 1. The van der Waals surface area contributed by atoms with Gasteiger partial charge in [0.1, 0.15) is 6.33 Å². The Labute approximate surface area is 158 Å². The maximum Gasteiger partial charge on any atom is 0.137 e. The maximum absolute atomic E-state index is 6.03. The fourth-order valence-electron chi connectivity index (χ4n) is 3.21. The molecule has 7 heteroatoms. The van der Waals surface area contributed by atoms with E-state index >= 15 is 0 Å². The predicted molar refractivity (Wildman–Crippen MR) is 105 cm³/mol. The third-order valence-corrected chi connectivity index (χ3v) is 4.48. The van der Waals surface area contributed by atoms with Crippen LogP contribution in [0.3, 0.4) is 0 Å². The fourth-order valence-corrected chi connectivity index (χ4v) is 3.21. The molecule has 3 heterocycles. The Morgan fingerprint density at radius 1 is 1.04 bits per heavy atom. The van der Waals surface area contributed by atoms with Gasteiger partial charge in [-0.25, -0.2) is 9.50 Å². The fraction of sp³-hybridized carbons (Fsp3) is 0.211. The van der Waals surface area contributed by atoms with Crippen LogP contribution in [0.5, 0.6) is 0 Å². The first-order chi connectivity index (χ1) is 12.0. The van der Waals surface area contributed by atoms with Crippen molar-refractivity contribution < 1.29 is 0 Å². The third kappa shape index (κ3) is 3.09. The molecule has 0 unspecified atom stereocenters. The highest BCUT2D eigenvalue weighted by Crippen LogP contribution is 2.29. The zero-order chi connectivity index (χ0) is 17.6. The molecule has 6 nitrogen and oxygen atoms in total. The minimum Gasteiger partial charge on any atom is -0.324 e. The van der Waals surface area contributed by atoms with Gasteiger partial charge in [0, 0.05) is 42.2 Å². The van der Waals surface area contributed by atoms with Gasteiger partial charge in [-0.1, -0.05) is 12.1 Å². The lowest BCUT2D eigenvalue weighted by molar-refractivity contribution is 0.768. The van der Waals surface area contributed by atoms with Crippen LogP contribution in [0.25, 0.3) is 27.9 Å². The third-order valence-electron chi connectivity index (χ3n) is 4.48. The molecule has 0 bridgehead atoms. The second kappa shape index (κ2) is 6.90. The van der Waals surface area contributed by atoms with Crippen molar-refractivity contribution in [3.63, 3.8) is 0 Å². The van der Waals surface area contributed by atoms with Crippen LogP contribution in [0.15, 0.2) is 49.2 Å². The molecule has 0 spiro atoms. The molecule has 3 aromatic heterocycles. The highest BCUT2D eigenvalue weighted by Gasteiger charge is 2.12. The van der Waals surface area contributed by atoms with Gasteiger partial charge >= 0.3 is 0 Å². The number of hydrogen-bond donors (Lipinski definition) is 1. The molecule has 26 heavy (non-hydrogen) atoms. The molecule has 0 aliphatic carbocycles. The van der Waals surface area contributed by atoms with Crippen LogP contribution in [-0.2, 0) is 7.05 Å². The molecule has 0 aliphatic rings. The minimum absolute atomic E-state index is 0. The van der Waals surface area contributed by atoms with Gasteiger partial charge < -0.3 is 5.73 Å². The van der Waals surface area contributed by atoms with Crippen LogP contribution >= 0.6 is 12.4 Å². The number of aromatic nitrogens is 5. The Bertz CT molecular complexity index is 1060. The van der Waals surface area contributed by atoms with E-state index in [9.17, 15) is 0 Å². The van der Waals surface area contributed by atoms with Gasteiger partial charge in [0.05, 0.1) is 17.4 Å². The highest BCUT2D eigenvalue weighted by atomic mass is 35.5. The molecule has 1 atom stereocenters. The van der Waals surface area contributed by atoms with E-state index in [0.29, 0.717) is 0 Å². The van der Waals surface area contributed by atoms with Gasteiger partial charge in [-0.05, 0) is 37.1 Å². The molecule has 0 saturated carbocycles. The van der Waals surface area contributed by atoms with Gasteiger partial charge in [-0.15, -0.1) is 12.4 Å². The molecule has 4 rings (SSSR count). The van der Waals surface area contributed by atoms with Crippen LogP contribution < -0.4 is 5.73 Å². The number of rotatable bonds is 3. The number of hydrogen-bond acceptors (Lipinski definition) is 4. The van der Waals surface area contributed by atoms with Crippen LogP contribution in [0, 0.1) is 6.92 Å². The normalized spacial score (nSPS) is 12.2. The average molecular weight is 369 g/mol. The van der Waals surface area contributed by atoms with Crippen molar-refractivity contribution in [3.05, 3.63) is 60.3 Å². The largest absolute Gasteiger partial charge is 0.324 e. The lowest BCUT2D eigenvalue weighted by atomic mass is 9.99. The molecular formula is C19H21ClN6. The molecule has 4 aromatic rings. The Morgan fingerprint density at radius 2 is 1.85 bits per heavy atom.